The number of pyridine rings is 1. The first kappa shape index (κ1) is 6.67. The van der Waals surface area contributed by atoms with Crippen LogP contribution in [-0.4, -0.2) is 9.38 Å². The van der Waals surface area contributed by atoms with E-state index in [0.29, 0.717) is 0 Å². The molecule has 56 valence electrons. The summed E-state index contributed by atoms with van der Waals surface area (Å²) in [6.07, 6.45) is 3.51. The van der Waals surface area contributed by atoms with Gasteiger partial charge in [-0.3, -0.25) is 9.20 Å². The van der Waals surface area contributed by atoms with Gasteiger partial charge >= 0.3 is 0 Å². The highest BCUT2D eigenvalue weighted by Gasteiger charge is 1.96. The van der Waals surface area contributed by atoms with Crippen LogP contribution < -0.4 is 5.43 Å². The number of nitrogens with one attached hydrogen (secondary N) is 1. The molecule has 1 N–H and O–H groups in total. The summed E-state index contributed by atoms with van der Waals surface area (Å²) in [5.41, 5.74) is 0.809. The van der Waals surface area contributed by atoms with Gasteiger partial charge < -0.3 is 4.98 Å². The highest BCUT2D eigenvalue weighted by Crippen LogP contribution is 2.09. The summed E-state index contributed by atoms with van der Waals surface area (Å²) in [4.78, 5) is 13.8. The molecule has 3 nitrogen and oxygen atoms in total. The molecule has 11 heavy (non-hydrogen) atoms. The summed E-state index contributed by atoms with van der Waals surface area (Å²) < 4.78 is 2.76. The van der Waals surface area contributed by atoms with Crippen LogP contribution in [0, 0.1) is 0 Å². The fraction of sp³-hybridized carbons (Fsp3) is 0. The molecule has 0 radical (unpaired) electrons. The van der Waals surface area contributed by atoms with Crippen molar-refractivity contribution in [3.8, 4) is 0 Å². The summed E-state index contributed by atoms with van der Waals surface area (Å²) in [6, 6.07) is 3.07. The van der Waals surface area contributed by atoms with Crippen LogP contribution >= 0.6 is 15.9 Å². The Hall–Kier alpha value is -1.03. The van der Waals surface area contributed by atoms with Gasteiger partial charge in [0.15, 0.2) is 5.43 Å². The lowest BCUT2D eigenvalue weighted by molar-refractivity contribution is 1.15. The maximum Gasteiger partial charge on any atom is 0.183 e. The monoisotopic (exact) mass is 212 g/mol. The van der Waals surface area contributed by atoms with Crippen LogP contribution in [0.3, 0.4) is 0 Å². The lowest BCUT2D eigenvalue weighted by Gasteiger charge is -1.90. The van der Waals surface area contributed by atoms with Crippen LogP contribution in [0.15, 0.2) is 33.9 Å². The van der Waals surface area contributed by atoms with Gasteiger partial charge in [0.25, 0.3) is 0 Å². The Balaban J connectivity index is 2.96. The van der Waals surface area contributed by atoms with E-state index in [1.807, 2.05) is 4.40 Å². The molecule has 0 saturated heterocycles. The molecule has 4 heteroatoms. The smallest absolute Gasteiger partial charge is 0.183 e. The molecule has 0 unspecified atom stereocenters. The van der Waals surface area contributed by atoms with Crippen molar-refractivity contribution in [2.45, 2.75) is 0 Å². The van der Waals surface area contributed by atoms with Gasteiger partial charge in [0.2, 0.25) is 0 Å². The Bertz CT molecular complexity index is 443. The van der Waals surface area contributed by atoms with Crippen molar-refractivity contribution in [1.29, 1.82) is 0 Å². The van der Waals surface area contributed by atoms with Crippen LogP contribution in [0.2, 0.25) is 0 Å². The van der Waals surface area contributed by atoms with Gasteiger partial charge in [-0.2, -0.15) is 0 Å². The third-order valence-corrected chi connectivity index (χ3v) is 2.11. The maximum absolute atomic E-state index is 10.8. The summed E-state index contributed by atoms with van der Waals surface area (Å²) in [5.74, 6) is 0. The SMILES string of the molecule is O=c1ccn2c(Br)c[nH]c2c1. The number of aromatic nitrogens is 2. The van der Waals surface area contributed by atoms with Crippen LogP contribution in [0.5, 0.6) is 0 Å². The molecule has 0 atom stereocenters. The molecule has 0 aromatic carbocycles. The van der Waals surface area contributed by atoms with E-state index in [2.05, 4.69) is 20.9 Å². The Morgan fingerprint density at radius 1 is 1.55 bits per heavy atom. The predicted molar refractivity (Wildman–Crippen MR) is 45.7 cm³/mol. The molecule has 2 rings (SSSR count). The van der Waals surface area contributed by atoms with E-state index in [9.17, 15) is 4.79 Å². The van der Waals surface area contributed by atoms with Crippen LogP contribution in [0.25, 0.3) is 5.65 Å². The fourth-order valence-corrected chi connectivity index (χ4v) is 1.40. The Morgan fingerprint density at radius 2 is 2.36 bits per heavy atom. The van der Waals surface area contributed by atoms with Crippen LogP contribution in [0.1, 0.15) is 0 Å². The van der Waals surface area contributed by atoms with Gasteiger partial charge in [-0.25, -0.2) is 0 Å². The number of rotatable bonds is 0. The van der Waals surface area contributed by atoms with Gasteiger partial charge in [-0.05, 0) is 15.9 Å². The van der Waals surface area contributed by atoms with Gasteiger partial charge in [-0.15, -0.1) is 0 Å². The summed E-state index contributed by atoms with van der Waals surface area (Å²) in [5, 5.41) is 0. The molecule has 0 aliphatic rings. The number of halogens is 1. The topological polar surface area (TPSA) is 37.3 Å². The maximum atomic E-state index is 10.8. The molecular weight excluding hydrogens is 208 g/mol. The van der Waals surface area contributed by atoms with E-state index in [4.69, 9.17) is 0 Å². The molecule has 0 bridgehead atoms. The zero-order valence-electron chi connectivity index (χ0n) is 5.54. The van der Waals surface area contributed by atoms with Gasteiger partial charge in [0.05, 0.1) is 0 Å². The van der Waals surface area contributed by atoms with E-state index in [0.717, 1.165) is 10.3 Å². The predicted octanol–water partition coefficient (Wildman–Crippen LogP) is 1.39. The van der Waals surface area contributed by atoms with Crippen LogP contribution in [0.4, 0.5) is 0 Å². The van der Waals surface area contributed by atoms with Crippen molar-refractivity contribution in [3.05, 3.63) is 39.4 Å². The highest BCUT2D eigenvalue weighted by molar-refractivity contribution is 9.10. The summed E-state index contributed by atoms with van der Waals surface area (Å²) in [7, 11) is 0. The van der Waals surface area contributed by atoms with Crippen molar-refractivity contribution < 1.29 is 0 Å². The van der Waals surface area contributed by atoms with Crippen molar-refractivity contribution >= 4 is 21.6 Å². The Labute approximate surface area is 70.8 Å². The number of hydrogen-bond acceptors (Lipinski definition) is 1. The first-order valence-corrected chi connectivity index (χ1v) is 3.92. The van der Waals surface area contributed by atoms with Crippen LogP contribution in [-0.2, 0) is 0 Å². The van der Waals surface area contributed by atoms with E-state index < -0.39 is 0 Å². The average molecular weight is 213 g/mol. The van der Waals surface area contributed by atoms with E-state index in [1.165, 1.54) is 6.07 Å². The minimum absolute atomic E-state index is 0.0133. The molecule has 0 amide bonds. The molecule has 2 aromatic rings. The molecule has 0 saturated carbocycles. The number of fused-ring (bicyclic) bond motifs is 1. The summed E-state index contributed by atoms with van der Waals surface area (Å²) >= 11 is 3.32. The number of imidazole rings is 1. The number of aromatic amines is 1. The fourth-order valence-electron chi connectivity index (χ4n) is 0.981. The zero-order valence-corrected chi connectivity index (χ0v) is 7.13. The summed E-state index contributed by atoms with van der Waals surface area (Å²) in [6.45, 7) is 0. The second-order valence-electron chi connectivity index (χ2n) is 2.23. The standard InChI is InChI=1S/C7H5BrN2O/c8-6-4-9-7-3-5(11)1-2-10(6)7/h1-4,9H. The number of H-pyrrole nitrogens is 1. The van der Waals surface area contributed by atoms with Crippen molar-refractivity contribution in [2.24, 2.45) is 0 Å². The van der Waals surface area contributed by atoms with Crippen molar-refractivity contribution in [3.63, 3.8) is 0 Å². The molecule has 0 aliphatic heterocycles. The number of hydrogen-bond donors (Lipinski definition) is 1. The quantitative estimate of drug-likeness (QED) is 0.705. The normalized spacial score (nSPS) is 10.6. The van der Waals surface area contributed by atoms with E-state index in [-0.39, 0.29) is 5.43 Å². The van der Waals surface area contributed by atoms with Crippen molar-refractivity contribution in [2.75, 3.05) is 0 Å². The molecule has 0 fully saturated rings. The third kappa shape index (κ3) is 0.991. The van der Waals surface area contributed by atoms with Gasteiger partial charge in [-0.1, -0.05) is 0 Å². The second kappa shape index (κ2) is 2.23. The third-order valence-electron chi connectivity index (χ3n) is 1.50. The molecule has 0 spiro atoms. The molecular formula is C7H5BrN2O. The average Bonchev–Trinajstić information content (AvgIpc) is 2.32. The highest BCUT2D eigenvalue weighted by atomic mass is 79.9. The molecule has 2 aromatic heterocycles. The van der Waals surface area contributed by atoms with Gasteiger partial charge in [0, 0.05) is 24.5 Å². The molecule has 2 heterocycles. The lowest BCUT2D eigenvalue weighted by atomic mass is 10.5. The Kier molecular flexibility index (Phi) is 1.35. The molecule has 0 aliphatic carbocycles. The van der Waals surface area contributed by atoms with E-state index >= 15 is 0 Å². The largest absolute Gasteiger partial charge is 0.345 e. The minimum atomic E-state index is 0.0133. The first-order valence-electron chi connectivity index (χ1n) is 3.13. The Morgan fingerprint density at radius 3 is 3.18 bits per heavy atom. The zero-order chi connectivity index (χ0) is 7.84. The minimum Gasteiger partial charge on any atom is -0.345 e. The first-order chi connectivity index (χ1) is 5.27. The van der Waals surface area contributed by atoms with Crippen molar-refractivity contribution in [1.82, 2.24) is 9.38 Å². The van der Waals surface area contributed by atoms with Gasteiger partial charge in [0.1, 0.15) is 10.3 Å². The number of nitrogens with zero attached hydrogens (tertiary/aromatic N) is 1. The van der Waals surface area contributed by atoms with E-state index in [1.54, 1.807) is 18.5 Å². The second-order valence-corrected chi connectivity index (χ2v) is 3.04. The lowest BCUT2D eigenvalue weighted by Crippen LogP contribution is -1.98.